The second-order valence-corrected chi connectivity index (χ2v) is 11.2. The number of amides is 1. The molecule has 2 fully saturated rings. The van der Waals surface area contributed by atoms with Crippen molar-refractivity contribution in [3.8, 4) is 0 Å². The van der Waals surface area contributed by atoms with Crippen molar-refractivity contribution in [2.45, 2.75) is 43.4 Å². The Kier molecular flexibility index (Phi) is 7.91. The van der Waals surface area contributed by atoms with Crippen LogP contribution >= 0.6 is 0 Å². The van der Waals surface area contributed by atoms with Gasteiger partial charge in [-0.1, -0.05) is 43.7 Å². The lowest BCUT2D eigenvalue weighted by Gasteiger charge is -2.35. The van der Waals surface area contributed by atoms with Crippen LogP contribution < -0.4 is 10.2 Å². The molecule has 2 aliphatic rings. The zero-order chi connectivity index (χ0) is 24.1. The Morgan fingerprint density at radius 1 is 0.941 bits per heavy atom. The van der Waals surface area contributed by atoms with Crippen LogP contribution in [0.1, 0.15) is 44.1 Å². The topological polar surface area (TPSA) is 73.0 Å². The fourth-order valence-electron chi connectivity index (χ4n) is 4.83. The van der Waals surface area contributed by atoms with Crippen LogP contribution in [-0.4, -0.2) is 69.8 Å². The molecule has 0 saturated carbocycles. The van der Waals surface area contributed by atoms with Crippen molar-refractivity contribution in [1.29, 1.82) is 0 Å². The van der Waals surface area contributed by atoms with Crippen molar-refractivity contribution in [2.24, 2.45) is 0 Å². The number of piperidine rings is 1. The Hall–Kier alpha value is -2.42. The van der Waals surface area contributed by atoms with E-state index < -0.39 is 10.0 Å². The summed E-state index contributed by atoms with van der Waals surface area (Å²) in [5.74, 6) is -0.416. The number of carbonyl (C=O) groups excluding carboxylic acids is 1. The largest absolute Gasteiger partial charge is 0.367 e. The normalized spacial score (nSPS) is 19.1. The van der Waals surface area contributed by atoms with E-state index >= 15 is 0 Å². The molecule has 4 rings (SSSR count). The Morgan fingerprint density at radius 2 is 1.62 bits per heavy atom. The number of carbonyl (C=O) groups is 1. The molecular formula is C26H36N4O3S. The minimum atomic E-state index is -3.60. The first-order chi connectivity index (χ1) is 16.4. The van der Waals surface area contributed by atoms with Gasteiger partial charge in [0.2, 0.25) is 15.9 Å². The number of rotatable bonds is 7. The quantitative estimate of drug-likeness (QED) is 0.648. The van der Waals surface area contributed by atoms with E-state index in [1.54, 1.807) is 16.4 Å². The van der Waals surface area contributed by atoms with Crippen LogP contribution in [0.2, 0.25) is 0 Å². The highest BCUT2D eigenvalue weighted by Gasteiger charge is 2.28. The lowest BCUT2D eigenvalue weighted by atomic mass is 9.95. The van der Waals surface area contributed by atoms with Crippen LogP contribution in [0.4, 0.5) is 11.4 Å². The van der Waals surface area contributed by atoms with E-state index in [2.05, 4.69) is 22.2 Å². The molecule has 2 aliphatic heterocycles. The summed E-state index contributed by atoms with van der Waals surface area (Å²) in [7, 11) is -1.50. The molecule has 2 saturated heterocycles. The first-order valence-electron chi connectivity index (χ1n) is 12.3. The van der Waals surface area contributed by atoms with Crippen LogP contribution in [0.15, 0.2) is 53.4 Å². The van der Waals surface area contributed by atoms with Crippen molar-refractivity contribution in [3.63, 3.8) is 0 Å². The predicted molar refractivity (Wildman–Crippen MR) is 137 cm³/mol. The molecule has 7 nitrogen and oxygen atoms in total. The summed E-state index contributed by atoms with van der Waals surface area (Å²) in [6.07, 6.45) is 3.49. The number of piperazine rings is 1. The first kappa shape index (κ1) is 24.7. The fraction of sp³-hybridized carbons (Fsp3) is 0.500. The number of benzene rings is 2. The van der Waals surface area contributed by atoms with Crippen LogP contribution in [0.25, 0.3) is 0 Å². The van der Waals surface area contributed by atoms with E-state index in [0.29, 0.717) is 25.2 Å². The van der Waals surface area contributed by atoms with Crippen LogP contribution in [0, 0.1) is 0 Å². The number of anilines is 2. The molecule has 0 aromatic heterocycles. The van der Waals surface area contributed by atoms with Gasteiger partial charge in [0.05, 0.1) is 22.2 Å². The number of hydrogen-bond acceptors (Lipinski definition) is 5. The molecule has 8 heteroatoms. The highest BCUT2D eigenvalue weighted by molar-refractivity contribution is 7.89. The number of hydrogen-bond donors (Lipinski definition) is 1. The van der Waals surface area contributed by atoms with Crippen molar-refractivity contribution in [3.05, 3.63) is 54.1 Å². The molecule has 1 atom stereocenters. The van der Waals surface area contributed by atoms with Gasteiger partial charge in [0.25, 0.3) is 0 Å². The van der Waals surface area contributed by atoms with Crippen molar-refractivity contribution in [1.82, 2.24) is 9.21 Å². The standard InChI is InChI=1S/C26H36N4O3S/c1-3-23(21-10-6-4-7-11-21)26(31)27-24-20-22(34(32,33)30-14-8-5-9-15-30)12-13-25(24)29-18-16-28(2)17-19-29/h4,6-7,10-13,20,23H,3,5,8-9,14-19H2,1-2H3,(H,27,31)/t23-/m0/s1. The van der Waals surface area contributed by atoms with Crippen molar-refractivity contribution in [2.75, 3.05) is 56.5 Å². The van der Waals surface area contributed by atoms with Crippen LogP contribution in [-0.2, 0) is 14.8 Å². The average molecular weight is 485 g/mol. The monoisotopic (exact) mass is 484 g/mol. The number of nitrogens with zero attached hydrogens (tertiary/aromatic N) is 3. The van der Waals surface area contributed by atoms with Crippen molar-refractivity contribution >= 4 is 27.3 Å². The Labute approximate surface area is 203 Å². The van der Waals surface area contributed by atoms with Gasteiger partial charge in [-0.05, 0) is 50.1 Å². The zero-order valence-electron chi connectivity index (χ0n) is 20.2. The number of likely N-dealkylation sites (N-methyl/N-ethyl adjacent to an activating group) is 1. The van der Waals surface area contributed by atoms with Gasteiger partial charge in [-0.25, -0.2) is 8.42 Å². The molecule has 2 aromatic carbocycles. The number of sulfonamides is 1. The van der Waals surface area contributed by atoms with E-state index in [0.717, 1.165) is 56.7 Å². The summed E-state index contributed by atoms with van der Waals surface area (Å²) >= 11 is 0. The summed E-state index contributed by atoms with van der Waals surface area (Å²) in [5, 5.41) is 3.11. The summed E-state index contributed by atoms with van der Waals surface area (Å²) < 4.78 is 28.3. The minimum absolute atomic E-state index is 0.114. The van der Waals surface area contributed by atoms with Gasteiger partial charge in [0, 0.05) is 39.3 Å². The third kappa shape index (κ3) is 5.45. The highest BCUT2D eigenvalue weighted by atomic mass is 32.2. The van der Waals surface area contributed by atoms with Gasteiger partial charge in [0.1, 0.15) is 0 Å². The molecule has 2 heterocycles. The van der Waals surface area contributed by atoms with Gasteiger partial charge in [-0.3, -0.25) is 4.79 Å². The molecule has 184 valence electrons. The second-order valence-electron chi connectivity index (χ2n) is 9.29. The molecule has 0 aliphatic carbocycles. The minimum Gasteiger partial charge on any atom is -0.367 e. The van der Waals surface area contributed by atoms with E-state index in [1.165, 1.54) is 0 Å². The Morgan fingerprint density at radius 3 is 2.26 bits per heavy atom. The van der Waals surface area contributed by atoms with E-state index in [-0.39, 0.29) is 16.7 Å². The molecule has 1 N–H and O–H groups in total. The Balaban J connectivity index is 1.67. The van der Waals surface area contributed by atoms with Gasteiger partial charge in [0.15, 0.2) is 0 Å². The maximum absolute atomic E-state index is 13.4. The molecule has 2 aromatic rings. The Bertz CT molecular complexity index is 1080. The smallest absolute Gasteiger partial charge is 0.243 e. The first-order valence-corrected chi connectivity index (χ1v) is 13.8. The van der Waals surface area contributed by atoms with E-state index in [4.69, 9.17) is 0 Å². The molecule has 0 unspecified atom stereocenters. The molecule has 34 heavy (non-hydrogen) atoms. The van der Waals surface area contributed by atoms with Crippen LogP contribution in [0.3, 0.4) is 0 Å². The van der Waals surface area contributed by atoms with Crippen molar-refractivity contribution < 1.29 is 13.2 Å². The molecule has 1 amide bonds. The lowest BCUT2D eigenvalue weighted by molar-refractivity contribution is -0.117. The number of nitrogens with one attached hydrogen (secondary N) is 1. The van der Waals surface area contributed by atoms with Gasteiger partial charge in [-0.15, -0.1) is 0 Å². The maximum Gasteiger partial charge on any atom is 0.243 e. The van der Waals surface area contributed by atoms with Gasteiger partial charge < -0.3 is 15.1 Å². The van der Waals surface area contributed by atoms with E-state index in [1.807, 2.05) is 43.3 Å². The highest BCUT2D eigenvalue weighted by Crippen LogP contribution is 2.33. The van der Waals surface area contributed by atoms with Gasteiger partial charge in [-0.2, -0.15) is 4.31 Å². The van der Waals surface area contributed by atoms with Crippen LogP contribution in [0.5, 0.6) is 0 Å². The second kappa shape index (κ2) is 10.9. The predicted octanol–water partition coefficient (Wildman–Crippen LogP) is 3.75. The molecular weight excluding hydrogens is 448 g/mol. The average Bonchev–Trinajstić information content (AvgIpc) is 2.86. The van der Waals surface area contributed by atoms with Gasteiger partial charge >= 0.3 is 0 Å². The summed E-state index contributed by atoms with van der Waals surface area (Å²) in [5.41, 5.74) is 2.41. The third-order valence-electron chi connectivity index (χ3n) is 6.95. The molecule has 0 radical (unpaired) electrons. The third-order valence-corrected chi connectivity index (χ3v) is 8.84. The molecule has 0 bridgehead atoms. The summed E-state index contributed by atoms with van der Waals surface area (Å²) in [6, 6.07) is 15.0. The maximum atomic E-state index is 13.4. The SMILES string of the molecule is CC[C@H](C(=O)Nc1cc(S(=O)(=O)N2CCCCC2)ccc1N1CCN(C)CC1)c1ccccc1. The van der Waals surface area contributed by atoms with E-state index in [9.17, 15) is 13.2 Å². The summed E-state index contributed by atoms with van der Waals surface area (Å²) in [6.45, 7) is 6.59. The zero-order valence-corrected chi connectivity index (χ0v) is 21.1. The lowest BCUT2D eigenvalue weighted by Crippen LogP contribution is -2.44. The fourth-order valence-corrected chi connectivity index (χ4v) is 6.37. The summed E-state index contributed by atoms with van der Waals surface area (Å²) in [4.78, 5) is 18.1. The molecule has 0 spiro atoms.